The third kappa shape index (κ3) is 2.83. The van der Waals surface area contributed by atoms with E-state index >= 15 is 0 Å². The van der Waals surface area contributed by atoms with Crippen LogP contribution in [0.1, 0.15) is 13.3 Å². The highest BCUT2D eigenvalue weighted by Gasteiger charge is 2.11. The molecule has 19 heavy (non-hydrogen) atoms. The van der Waals surface area contributed by atoms with Gasteiger partial charge in [-0.1, -0.05) is 24.3 Å². The van der Waals surface area contributed by atoms with Crippen molar-refractivity contribution >= 4 is 39.1 Å². The van der Waals surface area contributed by atoms with E-state index in [4.69, 9.17) is 0 Å². The van der Waals surface area contributed by atoms with Crippen molar-refractivity contribution in [3.63, 3.8) is 0 Å². The summed E-state index contributed by atoms with van der Waals surface area (Å²) in [4.78, 5) is 6.73. The summed E-state index contributed by atoms with van der Waals surface area (Å²) in [6.07, 6.45) is 2.96. The number of nitrogens with one attached hydrogen (secondary N) is 1. The molecule has 4 nitrogen and oxygen atoms in total. The average Bonchev–Trinajstić information content (AvgIpc) is 3.14. The van der Waals surface area contributed by atoms with Crippen molar-refractivity contribution in [2.75, 3.05) is 11.9 Å². The molecule has 0 aliphatic heterocycles. The lowest BCUT2D eigenvalue weighted by Crippen LogP contribution is -1.98. The normalized spacial score (nSPS) is 10.8. The van der Waals surface area contributed by atoms with Gasteiger partial charge in [0.15, 0.2) is 5.01 Å². The van der Waals surface area contributed by atoms with Gasteiger partial charge in [0, 0.05) is 12.7 Å². The molecule has 0 unspecified atom stereocenters. The van der Waals surface area contributed by atoms with E-state index < -0.39 is 0 Å². The summed E-state index contributed by atoms with van der Waals surface area (Å²) < 4.78 is 0. The molecule has 0 fully saturated rings. The minimum Gasteiger partial charge on any atom is -0.360 e. The van der Waals surface area contributed by atoms with E-state index in [0.717, 1.165) is 33.0 Å². The van der Waals surface area contributed by atoms with Crippen molar-refractivity contribution in [2.45, 2.75) is 13.3 Å². The minimum absolute atomic E-state index is 0.878. The van der Waals surface area contributed by atoms with E-state index in [1.807, 2.05) is 12.3 Å². The largest absolute Gasteiger partial charge is 0.360 e. The van der Waals surface area contributed by atoms with Crippen LogP contribution in [0, 0.1) is 0 Å². The Kier molecular flexibility index (Phi) is 3.86. The fraction of sp³-hybridized carbons (Fsp3) is 0.250. The van der Waals surface area contributed by atoms with Gasteiger partial charge in [-0.3, -0.25) is 0 Å². The van der Waals surface area contributed by atoms with E-state index in [1.54, 1.807) is 34.0 Å². The van der Waals surface area contributed by atoms with Crippen molar-refractivity contribution in [3.8, 4) is 19.8 Å². The van der Waals surface area contributed by atoms with Gasteiger partial charge in [0.25, 0.3) is 0 Å². The summed E-state index contributed by atoms with van der Waals surface area (Å²) in [6, 6.07) is 4.13. The average molecular weight is 308 g/mol. The van der Waals surface area contributed by atoms with Crippen LogP contribution < -0.4 is 5.32 Å². The van der Waals surface area contributed by atoms with Crippen LogP contribution in [0.4, 0.5) is 5.13 Å². The highest BCUT2D eigenvalue weighted by molar-refractivity contribution is 7.26. The lowest BCUT2D eigenvalue weighted by atomic mass is 10.5. The topological polar surface area (TPSA) is 50.7 Å². The van der Waals surface area contributed by atoms with Crippen LogP contribution in [0.3, 0.4) is 0 Å². The summed E-state index contributed by atoms with van der Waals surface area (Å²) >= 11 is 4.94. The molecule has 3 aromatic rings. The molecule has 1 N–H and O–H groups in total. The Balaban J connectivity index is 1.81. The maximum atomic E-state index is 4.45. The maximum absolute atomic E-state index is 4.45. The molecule has 0 amide bonds. The van der Waals surface area contributed by atoms with Crippen molar-refractivity contribution < 1.29 is 0 Å². The smallest absolute Gasteiger partial charge is 0.206 e. The molecule has 0 aromatic carbocycles. The van der Waals surface area contributed by atoms with E-state index in [1.165, 1.54) is 4.88 Å². The fourth-order valence-electron chi connectivity index (χ4n) is 1.51. The quantitative estimate of drug-likeness (QED) is 0.767. The molecule has 0 atom stereocenters. The van der Waals surface area contributed by atoms with Crippen molar-refractivity contribution in [3.05, 3.63) is 23.7 Å². The highest BCUT2D eigenvalue weighted by atomic mass is 32.1. The van der Waals surface area contributed by atoms with Crippen LogP contribution in [0.15, 0.2) is 23.7 Å². The number of aromatic nitrogens is 3. The Bertz CT molecular complexity index is 642. The van der Waals surface area contributed by atoms with Crippen LogP contribution in [0.25, 0.3) is 19.8 Å². The van der Waals surface area contributed by atoms with E-state index in [2.05, 4.69) is 38.9 Å². The summed E-state index contributed by atoms with van der Waals surface area (Å²) in [6.45, 7) is 3.06. The summed E-state index contributed by atoms with van der Waals surface area (Å²) in [5, 5.41) is 16.5. The zero-order valence-electron chi connectivity index (χ0n) is 10.3. The Morgan fingerprint density at radius 1 is 1.16 bits per heavy atom. The zero-order valence-corrected chi connectivity index (χ0v) is 12.7. The van der Waals surface area contributed by atoms with Crippen molar-refractivity contribution in [1.29, 1.82) is 0 Å². The van der Waals surface area contributed by atoms with Gasteiger partial charge in [0.2, 0.25) is 5.13 Å². The van der Waals surface area contributed by atoms with Gasteiger partial charge in [-0.2, -0.15) is 0 Å². The fourth-order valence-corrected chi connectivity index (χ4v) is 4.04. The monoisotopic (exact) mass is 308 g/mol. The molecule has 0 spiro atoms. The van der Waals surface area contributed by atoms with E-state index in [9.17, 15) is 0 Å². The summed E-state index contributed by atoms with van der Waals surface area (Å²) in [7, 11) is 0. The first kappa shape index (κ1) is 12.7. The minimum atomic E-state index is 0.878. The Morgan fingerprint density at radius 2 is 2.11 bits per heavy atom. The van der Waals surface area contributed by atoms with Crippen LogP contribution in [-0.4, -0.2) is 21.7 Å². The number of thiophene rings is 1. The Labute approximate surface area is 123 Å². The molecule has 98 valence electrons. The van der Waals surface area contributed by atoms with Gasteiger partial charge in [0.1, 0.15) is 5.01 Å². The molecular formula is C12H12N4S3. The number of anilines is 1. The van der Waals surface area contributed by atoms with Crippen LogP contribution in [-0.2, 0) is 0 Å². The van der Waals surface area contributed by atoms with Crippen molar-refractivity contribution in [1.82, 2.24) is 15.2 Å². The molecule has 0 saturated carbocycles. The highest BCUT2D eigenvalue weighted by Crippen LogP contribution is 2.36. The van der Waals surface area contributed by atoms with Crippen molar-refractivity contribution in [2.24, 2.45) is 0 Å². The second-order valence-electron chi connectivity index (χ2n) is 3.85. The van der Waals surface area contributed by atoms with Gasteiger partial charge in [0.05, 0.1) is 9.75 Å². The number of hydrogen-bond donors (Lipinski definition) is 1. The Morgan fingerprint density at radius 3 is 2.89 bits per heavy atom. The summed E-state index contributed by atoms with van der Waals surface area (Å²) in [5.74, 6) is 0. The van der Waals surface area contributed by atoms with E-state index in [-0.39, 0.29) is 0 Å². The molecule has 0 bridgehead atoms. The molecule has 7 heteroatoms. The SMILES string of the molecule is CCCNc1nnc(-c2cnc(-c3cccs3)s2)s1. The number of rotatable bonds is 5. The number of thiazole rings is 1. The molecule has 0 aliphatic rings. The third-order valence-corrected chi connectivity index (χ3v) is 5.49. The van der Waals surface area contributed by atoms with Gasteiger partial charge in [-0.25, -0.2) is 4.98 Å². The van der Waals surface area contributed by atoms with Crippen LogP contribution in [0.5, 0.6) is 0 Å². The maximum Gasteiger partial charge on any atom is 0.206 e. The standard InChI is InChI=1S/C12H12N4S3/c1-2-5-13-12-16-15-11(19-12)9-7-14-10(18-9)8-4-3-6-17-8/h3-4,6-7H,2,5H2,1H3,(H,13,16). The van der Waals surface area contributed by atoms with Gasteiger partial charge in [-0.15, -0.1) is 32.9 Å². The lowest BCUT2D eigenvalue weighted by molar-refractivity contribution is 0.964. The van der Waals surface area contributed by atoms with E-state index in [0.29, 0.717) is 0 Å². The van der Waals surface area contributed by atoms with Crippen LogP contribution in [0.2, 0.25) is 0 Å². The Hall–Kier alpha value is -1.31. The molecule has 3 rings (SSSR count). The first-order valence-corrected chi connectivity index (χ1v) is 8.45. The summed E-state index contributed by atoms with van der Waals surface area (Å²) in [5.41, 5.74) is 0. The second kappa shape index (κ2) is 5.77. The molecule has 3 heterocycles. The number of hydrogen-bond acceptors (Lipinski definition) is 7. The first-order valence-electron chi connectivity index (χ1n) is 5.94. The van der Waals surface area contributed by atoms with Gasteiger partial charge in [-0.05, 0) is 17.9 Å². The van der Waals surface area contributed by atoms with Gasteiger partial charge >= 0.3 is 0 Å². The molecule has 3 aromatic heterocycles. The second-order valence-corrected chi connectivity index (χ2v) is 6.80. The predicted octanol–water partition coefficient (Wildman–Crippen LogP) is 4.21. The molecule has 0 radical (unpaired) electrons. The first-order chi connectivity index (χ1) is 9.36. The molecule has 0 aliphatic carbocycles. The lowest BCUT2D eigenvalue weighted by Gasteiger charge is -1.94. The molecule has 0 saturated heterocycles. The third-order valence-electron chi connectivity index (χ3n) is 2.40. The van der Waals surface area contributed by atoms with Gasteiger partial charge < -0.3 is 5.32 Å². The van der Waals surface area contributed by atoms with Crippen LogP contribution >= 0.6 is 34.0 Å². The zero-order chi connectivity index (χ0) is 13.1. The predicted molar refractivity (Wildman–Crippen MR) is 83.1 cm³/mol. The number of nitrogens with zero attached hydrogens (tertiary/aromatic N) is 3. The molecular weight excluding hydrogens is 296 g/mol.